The standard InChI is InChI=1S/C24H18N4O2/c25-16-22-27-21-12-11-19(26-23(29)18-9-5-2-6-10-18)15-20(21)24(30)28(22)14-13-17-7-3-1-4-8-17/h1-12,15H,13-14H2,(H,26,29). The van der Waals surface area contributed by atoms with Crippen LogP contribution >= 0.6 is 0 Å². The van der Waals surface area contributed by atoms with Crippen LogP contribution in [0.25, 0.3) is 10.9 Å². The average molecular weight is 394 g/mol. The molecule has 6 nitrogen and oxygen atoms in total. The second-order valence-electron chi connectivity index (χ2n) is 6.79. The number of hydrogen-bond acceptors (Lipinski definition) is 4. The molecule has 0 atom stereocenters. The Hall–Kier alpha value is -4.24. The first-order valence-electron chi connectivity index (χ1n) is 9.51. The van der Waals surface area contributed by atoms with Crippen molar-refractivity contribution in [2.24, 2.45) is 0 Å². The number of anilines is 1. The van der Waals surface area contributed by atoms with Gasteiger partial charge in [0.2, 0.25) is 5.82 Å². The predicted molar refractivity (Wildman–Crippen MR) is 115 cm³/mol. The Morgan fingerprint density at radius 1 is 1.00 bits per heavy atom. The van der Waals surface area contributed by atoms with E-state index in [4.69, 9.17) is 0 Å². The molecule has 1 amide bonds. The Morgan fingerprint density at radius 3 is 2.40 bits per heavy atom. The zero-order valence-electron chi connectivity index (χ0n) is 16.1. The summed E-state index contributed by atoms with van der Waals surface area (Å²) in [5.41, 5.74) is 2.20. The third-order valence-corrected chi connectivity index (χ3v) is 4.81. The number of carbonyl (C=O) groups is 1. The van der Waals surface area contributed by atoms with Crippen molar-refractivity contribution in [3.05, 3.63) is 106 Å². The molecule has 0 fully saturated rings. The van der Waals surface area contributed by atoms with Gasteiger partial charge in [-0.1, -0.05) is 48.5 Å². The molecule has 0 saturated heterocycles. The van der Waals surface area contributed by atoms with Crippen LogP contribution in [0.3, 0.4) is 0 Å². The summed E-state index contributed by atoms with van der Waals surface area (Å²) >= 11 is 0. The molecule has 4 aromatic rings. The van der Waals surface area contributed by atoms with Crippen LogP contribution in [0.15, 0.2) is 83.7 Å². The van der Waals surface area contributed by atoms with Gasteiger partial charge >= 0.3 is 0 Å². The molecule has 0 aliphatic carbocycles. The normalized spacial score (nSPS) is 10.5. The van der Waals surface area contributed by atoms with Crippen LogP contribution in [0, 0.1) is 11.3 Å². The van der Waals surface area contributed by atoms with Crippen molar-refractivity contribution in [2.75, 3.05) is 5.32 Å². The van der Waals surface area contributed by atoms with E-state index in [-0.39, 0.29) is 17.3 Å². The Morgan fingerprint density at radius 2 is 1.70 bits per heavy atom. The van der Waals surface area contributed by atoms with E-state index in [2.05, 4.69) is 10.3 Å². The highest BCUT2D eigenvalue weighted by atomic mass is 16.1. The number of carbonyl (C=O) groups excluding carboxylic acids is 1. The maximum atomic E-state index is 13.1. The van der Waals surface area contributed by atoms with Crippen LogP contribution in [-0.4, -0.2) is 15.5 Å². The maximum Gasteiger partial charge on any atom is 0.262 e. The molecule has 0 spiro atoms. The fraction of sp³-hybridized carbons (Fsp3) is 0.0833. The Labute approximate surface area is 173 Å². The summed E-state index contributed by atoms with van der Waals surface area (Å²) in [6.07, 6.45) is 0.604. The van der Waals surface area contributed by atoms with Gasteiger partial charge in [-0.25, -0.2) is 4.98 Å². The lowest BCUT2D eigenvalue weighted by Gasteiger charge is -2.11. The van der Waals surface area contributed by atoms with Crippen LogP contribution < -0.4 is 10.9 Å². The van der Waals surface area contributed by atoms with Crippen LogP contribution in [-0.2, 0) is 13.0 Å². The highest BCUT2D eigenvalue weighted by Crippen LogP contribution is 2.17. The number of nitrogens with zero attached hydrogens (tertiary/aromatic N) is 3. The molecule has 6 heteroatoms. The smallest absolute Gasteiger partial charge is 0.262 e. The van der Waals surface area contributed by atoms with Crippen LogP contribution in [0.5, 0.6) is 0 Å². The van der Waals surface area contributed by atoms with E-state index in [9.17, 15) is 14.9 Å². The van der Waals surface area contributed by atoms with E-state index in [1.54, 1.807) is 42.5 Å². The van der Waals surface area contributed by atoms with Gasteiger partial charge in [-0.15, -0.1) is 0 Å². The summed E-state index contributed by atoms with van der Waals surface area (Å²) in [4.78, 5) is 29.8. The minimum absolute atomic E-state index is 0.0736. The molecule has 1 heterocycles. The molecule has 0 aliphatic heterocycles. The van der Waals surface area contributed by atoms with Crippen molar-refractivity contribution in [3.8, 4) is 6.07 Å². The lowest BCUT2D eigenvalue weighted by molar-refractivity contribution is 0.102. The highest BCUT2D eigenvalue weighted by molar-refractivity contribution is 6.05. The van der Waals surface area contributed by atoms with Crippen LogP contribution in [0.4, 0.5) is 5.69 Å². The monoisotopic (exact) mass is 394 g/mol. The van der Waals surface area contributed by atoms with E-state index in [1.807, 2.05) is 42.5 Å². The van der Waals surface area contributed by atoms with Gasteiger partial charge in [0.1, 0.15) is 6.07 Å². The van der Waals surface area contributed by atoms with E-state index in [1.165, 1.54) is 4.57 Å². The van der Waals surface area contributed by atoms with Crippen molar-refractivity contribution >= 4 is 22.5 Å². The average Bonchev–Trinajstić information content (AvgIpc) is 2.80. The molecule has 0 bridgehead atoms. The lowest BCUT2D eigenvalue weighted by atomic mass is 10.1. The predicted octanol–water partition coefficient (Wildman–Crippen LogP) is 3.76. The largest absolute Gasteiger partial charge is 0.322 e. The quantitative estimate of drug-likeness (QED) is 0.558. The molecule has 3 aromatic carbocycles. The fourth-order valence-corrected chi connectivity index (χ4v) is 3.27. The fourth-order valence-electron chi connectivity index (χ4n) is 3.27. The molecular weight excluding hydrogens is 376 g/mol. The van der Waals surface area contributed by atoms with Crippen molar-refractivity contribution in [1.82, 2.24) is 9.55 Å². The number of aryl methyl sites for hydroxylation is 1. The van der Waals surface area contributed by atoms with Gasteiger partial charge in [-0.3, -0.25) is 14.2 Å². The number of amides is 1. The molecular formula is C24H18N4O2. The third kappa shape index (κ3) is 3.96. The van der Waals surface area contributed by atoms with Crippen LogP contribution in [0.1, 0.15) is 21.7 Å². The molecule has 1 N–H and O–H groups in total. The van der Waals surface area contributed by atoms with Crippen LogP contribution in [0.2, 0.25) is 0 Å². The van der Waals surface area contributed by atoms with Gasteiger partial charge in [0.05, 0.1) is 10.9 Å². The number of nitrogens with one attached hydrogen (secondary N) is 1. The Bertz CT molecular complexity index is 1310. The van der Waals surface area contributed by atoms with E-state index in [0.29, 0.717) is 35.1 Å². The summed E-state index contributed by atoms with van der Waals surface area (Å²) in [7, 11) is 0. The zero-order chi connectivity index (χ0) is 20.9. The van der Waals surface area contributed by atoms with E-state index >= 15 is 0 Å². The third-order valence-electron chi connectivity index (χ3n) is 4.81. The summed E-state index contributed by atoms with van der Waals surface area (Å²) < 4.78 is 1.39. The van der Waals surface area contributed by atoms with Gasteiger partial charge in [0, 0.05) is 17.8 Å². The number of hydrogen-bond donors (Lipinski definition) is 1. The van der Waals surface area contributed by atoms with Gasteiger partial charge in [0.25, 0.3) is 11.5 Å². The second kappa shape index (κ2) is 8.41. The van der Waals surface area contributed by atoms with Crippen molar-refractivity contribution in [3.63, 3.8) is 0 Å². The van der Waals surface area contributed by atoms with Crippen molar-refractivity contribution in [1.29, 1.82) is 5.26 Å². The summed E-state index contributed by atoms with van der Waals surface area (Å²) in [6, 6.07) is 25.5. The summed E-state index contributed by atoms with van der Waals surface area (Å²) in [6.45, 7) is 0.343. The molecule has 0 aliphatic rings. The van der Waals surface area contributed by atoms with Crippen molar-refractivity contribution in [2.45, 2.75) is 13.0 Å². The number of rotatable bonds is 5. The summed E-state index contributed by atoms with van der Waals surface area (Å²) in [5, 5.41) is 12.6. The van der Waals surface area contributed by atoms with Crippen molar-refractivity contribution < 1.29 is 4.79 Å². The summed E-state index contributed by atoms with van der Waals surface area (Å²) in [5.74, 6) is -0.189. The molecule has 4 rings (SSSR count). The molecule has 0 saturated carbocycles. The van der Waals surface area contributed by atoms with Gasteiger partial charge < -0.3 is 5.32 Å². The number of benzene rings is 3. The number of fused-ring (bicyclic) bond motifs is 1. The Kier molecular flexibility index (Phi) is 5.35. The molecule has 0 radical (unpaired) electrons. The zero-order valence-corrected chi connectivity index (χ0v) is 16.1. The first-order chi connectivity index (χ1) is 14.7. The molecule has 0 unspecified atom stereocenters. The minimum Gasteiger partial charge on any atom is -0.322 e. The molecule has 146 valence electrons. The SMILES string of the molecule is N#Cc1nc2ccc(NC(=O)c3ccccc3)cc2c(=O)n1CCc1ccccc1. The van der Waals surface area contributed by atoms with E-state index < -0.39 is 0 Å². The molecule has 1 aromatic heterocycles. The second-order valence-corrected chi connectivity index (χ2v) is 6.79. The van der Waals surface area contributed by atoms with E-state index in [0.717, 1.165) is 5.56 Å². The number of nitriles is 1. The highest BCUT2D eigenvalue weighted by Gasteiger charge is 2.13. The number of aromatic nitrogens is 2. The van der Waals surface area contributed by atoms with Gasteiger partial charge in [0.15, 0.2) is 0 Å². The lowest BCUT2D eigenvalue weighted by Crippen LogP contribution is -2.25. The van der Waals surface area contributed by atoms with Gasteiger partial charge in [-0.2, -0.15) is 5.26 Å². The Balaban J connectivity index is 1.67. The first-order valence-corrected chi connectivity index (χ1v) is 9.51. The first kappa shape index (κ1) is 19.1. The minimum atomic E-state index is -0.303. The topological polar surface area (TPSA) is 87.8 Å². The van der Waals surface area contributed by atoms with Gasteiger partial charge in [-0.05, 0) is 42.3 Å². The maximum absolute atomic E-state index is 13.1. The molecule has 30 heavy (non-hydrogen) atoms.